The van der Waals surface area contributed by atoms with Crippen molar-refractivity contribution < 1.29 is 17.6 Å². The van der Waals surface area contributed by atoms with E-state index >= 15 is 0 Å². The van der Waals surface area contributed by atoms with E-state index < -0.39 is 10.0 Å². The van der Waals surface area contributed by atoms with Gasteiger partial charge in [-0.15, -0.1) is 0 Å². The van der Waals surface area contributed by atoms with Gasteiger partial charge in [0.15, 0.2) is 5.58 Å². The number of hydrogen-bond acceptors (Lipinski definition) is 6. The number of nitrogens with zero attached hydrogens (tertiary/aromatic N) is 4. The number of benzene rings is 3. The first-order valence-corrected chi connectivity index (χ1v) is 14.2. The zero-order chi connectivity index (χ0) is 26.9. The standard InChI is InChI=1S/C29H32N4O4S/c1-21-9-14-26-27(19-21)37-29(30-26)33(17-6-16-31(2)3)28(34)23-10-12-25(13-11-23)38(35,36)32-18-15-22-7-4-5-8-24(22)20-32/h4-5,7-14,19H,6,15-18,20H2,1-3H3. The van der Waals surface area contributed by atoms with Crippen LogP contribution in [0.25, 0.3) is 11.1 Å². The third-order valence-electron chi connectivity index (χ3n) is 6.83. The second kappa shape index (κ2) is 10.7. The first-order chi connectivity index (χ1) is 18.2. The molecular formula is C29H32N4O4S. The third kappa shape index (κ3) is 5.36. The van der Waals surface area contributed by atoms with Crippen LogP contribution < -0.4 is 4.90 Å². The Labute approximate surface area is 223 Å². The molecule has 0 fully saturated rings. The zero-order valence-electron chi connectivity index (χ0n) is 21.9. The Balaban J connectivity index is 1.39. The van der Waals surface area contributed by atoms with Crippen LogP contribution in [0.2, 0.25) is 0 Å². The zero-order valence-corrected chi connectivity index (χ0v) is 22.7. The summed E-state index contributed by atoms with van der Waals surface area (Å²) in [7, 11) is 0.269. The van der Waals surface area contributed by atoms with Gasteiger partial charge in [0.05, 0.1) is 4.90 Å². The number of sulfonamides is 1. The molecule has 5 rings (SSSR count). The average molecular weight is 533 g/mol. The van der Waals surface area contributed by atoms with Crippen LogP contribution in [-0.2, 0) is 23.0 Å². The summed E-state index contributed by atoms with van der Waals surface area (Å²) in [4.78, 5) is 21.9. The Hall–Kier alpha value is -3.53. The smallest absolute Gasteiger partial charge is 0.305 e. The SMILES string of the molecule is Cc1ccc2nc(N(CCCN(C)C)C(=O)c3ccc(S(=O)(=O)N4CCc5ccccc5C4)cc3)oc2c1. The molecule has 0 saturated carbocycles. The molecule has 0 bridgehead atoms. The van der Waals surface area contributed by atoms with E-state index in [0.29, 0.717) is 42.7 Å². The fourth-order valence-corrected chi connectivity index (χ4v) is 6.13. The summed E-state index contributed by atoms with van der Waals surface area (Å²) in [5.74, 6) is -0.289. The molecule has 9 heteroatoms. The molecule has 2 heterocycles. The summed E-state index contributed by atoms with van der Waals surface area (Å²) in [5, 5.41) is 0. The fourth-order valence-electron chi connectivity index (χ4n) is 4.71. The highest BCUT2D eigenvalue weighted by Gasteiger charge is 2.29. The van der Waals surface area contributed by atoms with Crippen LogP contribution in [0.1, 0.15) is 33.5 Å². The number of rotatable bonds is 8. The van der Waals surface area contributed by atoms with Crippen molar-refractivity contribution in [2.24, 2.45) is 0 Å². The number of carbonyl (C=O) groups is 1. The number of aryl methyl sites for hydroxylation is 1. The summed E-state index contributed by atoms with van der Waals surface area (Å²) in [6, 6.07) is 20.0. The average Bonchev–Trinajstić information content (AvgIpc) is 3.33. The van der Waals surface area contributed by atoms with Crippen LogP contribution in [0.4, 0.5) is 6.01 Å². The molecule has 0 saturated heterocycles. The van der Waals surface area contributed by atoms with Crippen LogP contribution >= 0.6 is 0 Å². The first kappa shape index (κ1) is 26.1. The second-order valence-electron chi connectivity index (χ2n) is 9.96. The summed E-state index contributed by atoms with van der Waals surface area (Å²) >= 11 is 0. The minimum atomic E-state index is -3.69. The lowest BCUT2D eigenvalue weighted by atomic mass is 10.0. The Morgan fingerprint density at radius 2 is 1.74 bits per heavy atom. The molecule has 4 aromatic rings. The molecular weight excluding hydrogens is 500 g/mol. The number of hydrogen-bond donors (Lipinski definition) is 0. The quantitative estimate of drug-likeness (QED) is 0.333. The summed E-state index contributed by atoms with van der Waals surface area (Å²) in [5.41, 5.74) is 4.92. The van der Waals surface area contributed by atoms with E-state index in [1.807, 2.05) is 63.5 Å². The van der Waals surface area contributed by atoms with E-state index in [9.17, 15) is 13.2 Å². The molecule has 0 spiro atoms. The summed E-state index contributed by atoms with van der Waals surface area (Å²) in [6.07, 6.45) is 1.40. The van der Waals surface area contributed by atoms with Gasteiger partial charge in [0.25, 0.3) is 5.91 Å². The fraction of sp³-hybridized carbons (Fsp3) is 0.310. The number of carbonyl (C=O) groups excluding carboxylic acids is 1. The maximum Gasteiger partial charge on any atom is 0.305 e. The molecule has 8 nitrogen and oxygen atoms in total. The lowest BCUT2D eigenvalue weighted by molar-refractivity contribution is 0.0981. The van der Waals surface area contributed by atoms with Crippen molar-refractivity contribution >= 4 is 33.0 Å². The molecule has 0 aliphatic carbocycles. The Morgan fingerprint density at radius 3 is 2.47 bits per heavy atom. The highest BCUT2D eigenvalue weighted by atomic mass is 32.2. The van der Waals surface area contributed by atoms with Crippen LogP contribution in [0.3, 0.4) is 0 Å². The molecule has 0 N–H and O–H groups in total. The van der Waals surface area contributed by atoms with Gasteiger partial charge in [-0.3, -0.25) is 9.69 Å². The van der Waals surface area contributed by atoms with Gasteiger partial charge < -0.3 is 9.32 Å². The molecule has 0 radical (unpaired) electrons. The van der Waals surface area contributed by atoms with Gasteiger partial charge >= 0.3 is 6.01 Å². The van der Waals surface area contributed by atoms with Crippen molar-refractivity contribution in [1.82, 2.24) is 14.2 Å². The van der Waals surface area contributed by atoms with Gasteiger partial charge in [-0.05, 0) is 93.5 Å². The minimum absolute atomic E-state index is 0.171. The molecule has 0 unspecified atom stereocenters. The van der Waals surface area contributed by atoms with Crippen molar-refractivity contribution in [3.63, 3.8) is 0 Å². The molecule has 1 aromatic heterocycles. The van der Waals surface area contributed by atoms with E-state index in [1.165, 1.54) is 26.9 Å². The highest BCUT2D eigenvalue weighted by molar-refractivity contribution is 7.89. The van der Waals surface area contributed by atoms with Crippen molar-refractivity contribution in [3.05, 3.63) is 89.0 Å². The van der Waals surface area contributed by atoms with Gasteiger partial charge in [0, 0.05) is 25.2 Å². The Kier molecular flexibility index (Phi) is 7.34. The topological polar surface area (TPSA) is 87.0 Å². The van der Waals surface area contributed by atoms with Gasteiger partial charge in [0.2, 0.25) is 10.0 Å². The third-order valence-corrected chi connectivity index (χ3v) is 8.69. The minimum Gasteiger partial charge on any atom is -0.423 e. The molecule has 198 valence electrons. The number of aromatic nitrogens is 1. The Bertz CT molecular complexity index is 1560. The molecule has 0 atom stereocenters. The molecule has 1 amide bonds. The van der Waals surface area contributed by atoms with Crippen molar-refractivity contribution in [1.29, 1.82) is 0 Å². The lowest BCUT2D eigenvalue weighted by Crippen LogP contribution is -2.36. The Morgan fingerprint density at radius 1 is 1.00 bits per heavy atom. The van der Waals surface area contributed by atoms with Crippen LogP contribution in [0, 0.1) is 6.92 Å². The maximum atomic E-state index is 13.6. The van der Waals surface area contributed by atoms with Gasteiger partial charge in [-0.2, -0.15) is 9.29 Å². The largest absolute Gasteiger partial charge is 0.423 e. The summed E-state index contributed by atoms with van der Waals surface area (Å²) < 4.78 is 34.2. The van der Waals surface area contributed by atoms with Gasteiger partial charge in [0.1, 0.15) is 5.52 Å². The van der Waals surface area contributed by atoms with E-state index in [2.05, 4.69) is 9.88 Å². The van der Waals surface area contributed by atoms with Crippen LogP contribution in [-0.4, -0.2) is 62.2 Å². The number of amides is 1. The monoisotopic (exact) mass is 532 g/mol. The molecule has 3 aromatic carbocycles. The predicted octanol–water partition coefficient (Wildman–Crippen LogP) is 4.48. The van der Waals surface area contributed by atoms with Crippen molar-refractivity contribution in [2.75, 3.05) is 38.6 Å². The number of fused-ring (bicyclic) bond motifs is 2. The normalized spacial score (nSPS) is 14.1. The van der Waals surface area contributed by atoms with Crippen molar-refractivity contribution in [2.45, 2.75) is 31.2 Å². The first-order valence-electron chi connectivity index (χ1n) is 12.7. The lowest BCUT2D eigenvalue weighted by Gasteiger charge is -2.28. The molecule has 1 aliphatic rings. The van der Waals surface area contributed by atoms with Gasteiger partial charge in [-0.1, -0.05) is 30.3 Å². The second-order valence-corrected chi connectivity index (χ2v) is 11.9. The van der Waals surface area contributed by atoms with Crippen molar-refractivity contribution in [3.8, 4) is 0 Å². The van der Waals surface area contributed by atoms with E-state index in [4.69, 9.17) is 4.42 Å². The maximum absolute atomic E-state index is 13.6. The van der Waals surface area contributed by atoms with E-state index in [1.54, 1.807) is 12.1 Å². The van der Waals surface area contributed by atoms with E-state index in [0.717, 1.165) is 24.1 Å². The molecule has 38 heavy (non-hydrogen) atoms. The van der Waals surface area contributed by atoms with Crippen LogP contribution in [0.5, 0.6) is 0 Å². The van der Waals surface area contributed by atoms with Gasteiger partial charge in [-0.25, -0.2) is 8.42 Å². The van der Waals surface area contributed by atoms with E-state index in [-0.39, 0.29) is 16.8 Å². The highest BCUT2D eigenvalue weighted by Crippen LogP contribution is 2.27. The number of anilines is 1. The summed E-state index contributed by atoms with van der Waals surface area (Å²) in [6.45, 7) is 3.95. The van der Waals surface area contributed by atoms with Crippen LogP contribution in [0.15, 0.2) is 76.0 Å². The number of oxazole rings is 1. The molecule has 1 aliphatic heterocycles. The predicted molar refractivity (Wildman–Crippen MR) is 148 cm³/mol.